The number of rotatable bonds is 5. The molecule has 1 saturated heterocycles. The monoisotopic (exact) mass is 386 g/mol. The topological polar surface area (TPSA) is 58.6 Å². The van der Waals surface area contributed by atoms with Crippen LogP contribution >= 0.6 is 0 Å². The Bertz CT molecular complexity index is 972. The number of morpholine rings is 1. The highest BCUT2D eigenvalue weighted by molar-refractivity contribution is 5.96. The normalized spacial score (nSPS) is 16.5. The van der Waals surface area contributed by atoms with Crippen LogP contribution in [0, 0.1) is 0 Å². The number of benzene rings is 3. The zero-order valence-electron chi connectivity index (χ0n) is 16.0. The lowest BCUT2D eigenvalue weighted by Crippen LogP contribution is -2.50. The van der Waals surface area contributed by atoms with Crippen molar-refractivity contribution in [2.75, 3.05) is 24.6 Å². The first-order valence-electron chi connectivity index (χ1n) is 9.61. The molecule has 1 N–H and O–H groups in total. The number of hydrogen-bond donors (Lipinski definition) is 1. The van der Waals surface area contributed by atoms with E-state index in [2.05, 4.69) is 5.32 Å². The average Bonchev–Trinajstić information content (AvgIpc) is 2.79. The van der Waals surface area contributed by atoms with E-state index in [-0.39, 0.29) is 24.5 Å². The molecule has 1 atom stereocenters. The van der Waals surface area contributed by atoms with Crippen LogP contribution in [0.3, 0.4) is 0 Å². The van der Waals surface area contributed by atoms with Crippen LogP contribution in [-0.4, -0.2) is 37.6 Å². The molecule has 1 fully saturated rings. The van der Waals surface area contributed by atoms with Crippen LogP contribution in [0.5, 0.6) is 0 Å². The molecule has 3 aromatic rings. The van der Waals surface area contributed by atoms with E-state index in [1.165, 1.54) is 0 Å². The van der Waals surface area contributed by atoms with Crippen molar-refractivity contribution in [3.05, 3.63) is 90.5 Å². The van der Waals surface area contributed by atoms with Gasteiger partial charge in [-0.2, -0.15) is 0 Å². The molecule has 1 unspecified atom stereocenters. The molecular formula is C24H22N2O3. The van der Waals surface area contributed by atoms with Crippen molar-refractivity contribution >= 4 is 17.5 Å². The SMILES string of the molecule is O=C(NCC1CN(c2ccccc2)C(=O)CO1)c1ccc(-c2ccccc2)cc1. The maximum atomic E-state index is 12.5. The molecule has 1 heterocycles. The van der Waals surface area contributed by atoms with Crippen molar-refractivity contribution in [1.29, 1.82) is 0 Å². The minimum atomic E-state index is -0.250. The van der Waals surface area contributed by atoms with Gasteiger partial charge in [-0.1, -0.05) is 60.7 Å². The van der Waals surface area contributed by atoms with Gasteiger partial charge in [-0.15, -0.1) is 0 Å². The molecule has 0 aromatic heterocycles. The maximum Gasteiger partial charge on any atom is 0.253 e. The highest BCUT2D eigenvalue weighted by Crippen LogP contribution is 2.20. The summed E-state index contributed by atoms with van der Waals surface area (Å²) in [7, 11) is 0. The van der Waals surface area contributed by atoms with Crippen molar-refractivity contribution < 1.29 is 14.3 Å². The fourth-order valence-electron chi connectivity index (χ4n) is 3.36. The summed E-state index contributed by atoms with van der Waals surface area (Å²) in [6.45, 7) is 0.771. The molecule has 146 valence electrons. The molecule has 2 amide bonds. The maximum absolute atomic E-state index is 12.5. The lowest BCUT2D eigenvalue weighted by Gasteiger charge is -2.32. The van der Waals surface area contributed by atoms with Crippen LogP contribution in [-0.2, 0) is 9.53 Å². The first kappa shape index (κ1) is 18.9. The van der Waals surface area contributed by atoms with Gasteiger partial charge in [0.1, 0.15) is 6.61 Å². The Morgan fingerprint density at radius 2 is 1.52 bits per heavy atom. The summed E-state index contributed by atoms with van der Waals surface area (Å²) in [6.07, 6.45) is -0.250. The van der Waals surface area contributed by atoms with Gasteiger partial charge in [0.15, 0.2) is 0 Å². The van der Waals surface area contributed by atoms with E-state index in [9.17, 15) is 9.59 Å². The molecule has 1 aliphatic rings. The van der Waals surface area contributed by atoms with Crippen LogP contribution in [0.2, 0.25) is 0 Å². The van der Waals surface area contributed by atoms with Gasteiger partial charge in [0.2, 0.25) is 0 Å². The van der Waals surface area contributed by atoms with E-state index in [1.54, 1.807) is 4.90 Å². The summed E-state index contributed by atoms with van der Waals surface area (Å²) in [5, 5.41) is 2.91. The van der Waals surface area contributed by atoms with E-state index in [0.717, 1.165) is 16.8 Å². The summed E-state index contributed by atoms with van der Waals surface area (Å²) in [4.78, 5) is 26.4. The molecule has 0 radical (unpaired) electrons. The van der Waals surface area contributed by atoms with Crippen molar-refractivity contribution in [3.63, 3.8) is 0 Å². The molecule has 5 nitrogen and oxygen atoms in total. The van der Waals surface area contributed by atoms with E-state index in [0.29, 0.717) is 18.7 Å². The third-order valence-corrected chi connectivity index (χ3v) is 4.94. The summed E-state index contributed by atoms with van der Waals surface area (Å²) in [6, 6.07) is 27.0. The van der Waals surface area contributed by atoms with Crippen LogP contribution in [0.4, 0.5) is 5.69 Å². The minimum absolute atomic E-state index is 0.0151. The quantitative estimate of drug-likeness (QED) is 0.730. The standard InChI is InChI=1S/C24H22N2O3/c27-23-17-29-22(16-26(23)21-9-5-2-6-10-21)15-25-24(28)20-13-11-19(12-14-20)18-7-3-1-4-8-18/h1-14,22H,15-17H2,(H,25,28). The molecule has 0 saturated carbocycles. The number of ether oxygens (including phenoxy) is 1. The zero-order chi connectivity index (χ0) is 20.1. The molecule has 1 aliphatic heterocycles. The summed E-state index contributed by atoms with van der Waals surface area (Å²) in [5.74, 6) is -0.230. The van der Waals surface area contributed by atoms with Gasteiger partial charge >= 0.3 is 0 Å². The largest absolute Gasteiger partial charge is 0.365 e. The van der Waals surface area contributed by atoms with Crippen LogP contribution in [0.15, 0.2) is 84.9 Å². The number of hydrogen-bond acceptors (Lipinski definition) is 3. The van der Waals surface area contributed by atoms with Crippen molar-refractivity contribution in [2.45, 2.75) is 6.10 Å². The summed E-state index contributed by atoms with van der Waals surface area (Å²) in [5.41, 5.74) is 3.61. The van der Waals surface area contributed by atoms with E-state index in [1.807, 2.05) is 84.9 Å². The molecule has 3 aromatic carbocycles. The van der Waals surface area contributed by atoms with E-state index >= 15 is 0 Å². The number of nitrogens with zero attached hydrogens (tertiary/aromatic N) is 1. The van der Waals surface area contributed by atoms with Crippen LogP contribution in [0.25, 0.3) is 11.1 Å². The second kappa shape index (κ2) is 8.71. The van der Waals surface area contributed by atoms with Crippen molar-refractivity contribution in [1.82, 2.24) is 5.32 Å². The first-order chi connectivity index (χ1) is 14.2. The molecular weight excluding hydrogens is 364 g/mol. The Labute approximate surface area is 169 Å². The summed E-state index contributed by atoms with van der Waals surface area (Å²) < 4.78 is 5.60. The molecule has 0 aliphatic carbocycles. The van der Waals surface area contributed by atoms with Crippen LogP contribution in [0.1, 0.15) is 10.4 Å². The third kappa shape index (κ3) is 4.52. The molecule has 4 rings (SSSR count). The number of amides is 2. The van der Waals surface area contributed by atoms with Gasteiger partial charge in [0.05, 0.1) is 12.6 Å². The minimum Gasteiger partial charge on any atom is -0.365 e. The predicted octanol–water partition coefficient (Wildman–Crippen LogP) is 3.52. The fraction of sp³-hybridized carbons (Fsp3) is 0.167. The van der Waals surface area contributed by atoms with Crippen molar-refractivity contribution in [2.24, 2.45) is 0 Å². The smallest absolute Gasteiger partial charge is 0.253 e. The highest BCUT2D eigenvalue weighted by atomic mass is 16.5. The van der Waals surface area contributed by atoms with Gasteiger partial charge in [-0.05, 0) is 35.4 Å². The Hall–Kier alpha value is -3.44. The van der Waals surface area contributed by atoms with Gasteiger partial charge in [0, 0.05) is 17.8 Å². The van der Waals surface area contributed by atoms with Gasteiger partial charge < -0.3 is 15.0 Å². The van der Waals surface area contributed by atoms with Gasteiger partial charge in [0.25, 0.3) is 11.8 Å². The second-order valence-electron chi connectivity index (χ2n) is 6.93. The Kier molecular flexibility index (Phi) is 5.68. The summed E-state index contributed by atoms with van der Waals surface area (Å²) >= 11 is 0. The number of nitrogens with one attached hydrogen (secondary N) is 1. The Balaban J connectivity index is 1.35. The molecule has 29 heavy (non-hydrogen) atoms. The number of para-hydroxylation sites is 1. The fourth-order valence-corrected chi connectivity index (χ4v) is 3.36. The number of carbonyl (C=O) groups is 2. The van der Waals surface area contributed by atoms with Crippen LogP contribution < -0.4 is 10.2 Å². The second-order valence-corrected chi connectivity index (χ2v) is 6.93. The molecule has 0 bridgehead atoms. The number of carbonyl (C=O) groups excluding carboxylic acids is 2. The lowest BCUT2D eigenvalue weighted by molar-refractivity contribution is -0.129. The highest BCUT2D eigenvalue weighted by Gasteiger charge is 2.27. The molecule has 0 spiro atoms. The predicted molar refractivity (Wildman–Crippen MR) is 113 cm³/mol. The first-order valence-corrected chi connectivity index (χ1v) is 9.61. The number of anilines is 1. The van der Waals surface area contributed by atoms with Crippen molar-refractivity contribution in [3.8, 4) is 11.1 Å². The average molecular weight is 386 g/mol. The van der Waals surface area contributed by atoms with Gasteiger partial charge in [-0.25, -0.2) is 0 Å². The van der Waals surface area contributed by atoms with Gasteiger partial charge in [-0.3, -0.25) is 9.59 Å². The molecule has 5 heteroatoms. The third-order valence-electron chi connectivity index (χ3n) is 4.94. The van der Waals surface area contributed by atoms with E-state index < -0.39 is 0 Å². The lowest BCUT2D eigenvalue weighted by atomic mass is 10.0. The zero-order valence-corrected chi connectivity index (χ0v) is 16.0. The van der Waals surface area contributed by atoms with E-state index in [4.69, 9.17) is 4.74 Å². The Morgan fingerprint density at radius 3 is 2.21 bits per heavy atom. The Morgan fingerprint density at radius 1 is 0.897 bits per heavy atom.